The molecule has 4 aromatic carbocycles. The smallest absolute Gasteiger partial charge is 0.339 e. The van der Waals surface area contributed by atoms with Crippen LogP contribution in [0.5, 0.6) is 0 Å². The molecule has 0 aliphatic heterocycles. The molecule has 0 bridgehead atoms. The number of halogens is 1. The van der Waals surface area contributed by atoms with Crippen LogP contribution in [0.15, 0.2) is 91.0 Å². The fourth-order valence-electron chi connectivity index (χ4n) is 4.06. The highest BCUT2D eigenvalue weighted by molar-refractivity contribution is 6.09. The highest BCUT2D eigenvalue weighted by Gasteiger charge is 2.18. The van der Waals surface area contributed by atoms with E-state index in [2.05, 4.69) is 10.1 Å². The van der Waals surface area contributed by atoms with Gasteiger partial charge in [0.05, 0.1) is 31.0 Å². The summed E-state index contributed by atoms with van der Waals surface area (Å²) in [6, 6.07) is 23.4. The quantitative estimate of drug-likeness (QED) is 0.204. The van der Waals surface area contributed by atoms with Crippen molar-refractivity contribution in [2.45, 2.75) is 0 Å². The first kappa shape index (κ1) is 29.4. The fraction of sp³-hybridized carbons (Fsp3) is 0.0909. The number of nitrogens with zero attached hydrogens (tertiary/aromatic N) is 1. The standard InChI is InChI=1S/C33H27FN2O6/c1-36(31(38)24-10-12-25(13-11-24)32(39)41-2)27-16-14-23(15-17-27)30(37)35-29-18-9-22(20-28(29)33(40)42-3)8-7-21-5-4-6-26(34)19-21/h4-20H,1-3H3,(H,35,37)/b8-7+. The minimum atomic E-state index is -0.638. The summed E-state index contributed by atoms with van der Waals surface area (Å²) in [6.07, 6.45) is 3.43. The molecule has 42 heavy (non-hydrogen) atoms. The second-order valence-corrected chi connectivity index (χ2v) is 9.12. The van der Waals surface area contributed by atoms with Gasteiger partial charge < -0.3 is 19.7 Å². The number of hydrogen-bond donors (Lipinski definition) is 1. The third kappa shape index (κ3) is 6.95. The van der Waals surface area contributed by atoms with E-state index in [1.165, 1.54) is 55.5 Å². The Morgan fingerprint density at radius 1 is 0.714 bits per heavy atom. The van der Waals surface area contributed by atoms with Gasteiger partial charge in [-0.1, -0.05) is 30.4 Å². The molecule has 1 N–H and O–H groups in total. The van der Waals surface area contributed by atoms with Gasteiger partial charge in [-0.05, 0) is 83.9 Å². The third-order valence-electron chi connectivity index (χ3n) is 6.39. The summed E-state index contributed by atoms with van der Waals surface area (Å²) < 4.78 is 23.0. The first-order valence-electron chi connectivity index (χ1n) is 12.7. The zero-order valence-electron chi connectivity index (χ0n) is 23.1. The van der Waals surface area contributed by atoms with Gasteiger partial charge in [-0.15, -0.1) is 0 Å². The molecule has 0 radical (unpaired) electrons. The number of amides is 2. The van der Waals surface area contributed by atoms with Crippen molar-refractivity contribution in [2.75, 3.05) is 31.5 Å². The number of rotatable bonds is 8. The Morgan fingerprint density at radius 2 is 1.31 bits per heavy atom. The van der Waals surface area contributed by atoms with Gasteiger partial charge in [0, 0.05) is 23.9 Å². The van der Waals surface area contributed by atoms with Crippen molar-refractivity contribution in [3.05, 3.63) is 130 Å². The van der Waals surface area contributed by atoms with E-state index in [-0.39, 0.29) is 23.0 Å². The molecule has 2 amide bonds. The molecule has 0 aromatic heterocycles. The van der Waals surface area contributed by atoms with Crippen LogP contribution in [0, 0.1) is 5.82 Å². The maximum absolute atomic E-state index is 13.5. The van der Waals surface area contributed by atoms with Crippen molar-refractivity contribution in [1.29, 1.82) is 0 Å². The number of esters is 2. The molecule has 4 rings (SSSR count). The van der Waals surface area contributed by atoms with Gasteiger partial charge in [0.1, 0.15) is 5.82 Å². The Bertz CT molecular complexity index is 1660. The molecule has 8 nitrogen and oxygen atoms in total. The van der Waals surface area contributed by atoms with Gasteiger partial charge in [0.2, 0.25) is 0 Å². The molecule has 4 aromatic rings. The van der Waals surface area contributed by atoms with E-state index in [9.17, 15) is 23.6 Å². The number of anilines is 2. The largest absolute Gasteiger partial charge is 0.465 e. The van der Waals surface area contributed by atoms with E-state index in [4.69, 9.17) is 4.74 Å². The van der Waals surface area contributed by atoms with E-state index in [0.717, 1.165) is 0 Å². The molecule has 0 atom stereocenters. The van der Waals surface area contributed by atoms with Gasteiger partial charge in [0.25, 0.3) is 11.8 Å². The molecule has 0 saturated carbocycles. The Morgan fingerprint density at radius 3 is 1.93 bits per heavy atom. The summed E-state index contributed by atoms with van der Waals surface area (Å²) in [7, 11) is 4.12. The summed E-state index contributed by atoms with van der Waals surface area (Å²) in [5.41, 5.74) is 3.24. The second kappa shape index (κ2) is 13.2. The molecule has 0 fully saturated rings. The SMILES string of the molecule is COC(=O)c1ccc(C(=O)N(C)c2ccc(C(=O)Nc3ccc(/C=C/c4cccc(F)c4)cc3C(=O)OC)cc2)cc1. The van der Waals surface area contributed by atoms with Crippen LogP contribution >= 0.6 is 0 Å². The lowest BCUT2D eigenvalue weighted by atomic mass is 10.1. The zero-order valence-corrected chi connectivity index (χ0v) is 23.1. The van der Waals surface area contributed by atoms with Crippen molar-refractivity contribution in [3.63, 3.8) is 0 Å². The van der Waals surface area contributed by atoms with E-state index >= 15 is 0 Å². The van der Waals surface area contributed by atoms with E-state index < -0.39 is 17.8 Å². The van der Waals surface area contributed by atoms with Crippen LogP contribution in [0.2, 0.25) is 0 Å². The number of benzene rings is 4. The molecule has 212 valence electrons. The zero-order chi connectivity index (χ0) is 30.2. The van der Waals surface area contributed by atoms with Crippen LogP contribution in [0.3, 0.4) is 0 Å². The minimum Gasteiger partial charge on any atom is -0.465 e. The summed E-state index contributed by atoms with van der Waals surface area (Å²) in [6.45, 7) is 0. The maximum Gasteiger partial charge on any atom is 0.339 e. The first-order valence-corrected chi connectivity index (χ1v) is 12.7. The molecule has 0 unspecified atom stereocenters. The van der Waals surface area contributed by atoms with E-state index in [1.807, 2.05) is 0 Å². The molecular weight excluding hydrogens is 539 g/mol. The fourth-order valence-corrected chi connectivity index (χ4v) is 4.06. The Hall–Kier alpha value is -5.57. The van der Waals surface area contributed by atoms with Crippen molar-refractivity contribution in [1.82, 2.24) is 0 Å². The number of hydrogen-bond acceptors (Lipinski definition) is 6. The van der Waals surface area contributed by atoms with Crippen molar-refractivity contribution in [2.24, 2.45) is 0 Å². The second-order valence-electron chi connectivity index (χ2n) is 9.12. The molecule has 0 saturated heterocycles. The van der Waals surface area contributed by atoms with Crippen LogP contribution in [0.4, 0.5) is 15.8 Å². The maximum atomic E-state index is 13.5. The number of carbonyl (C=O) groups is 4. The molecule has 0 spiro atoms. The van der Waals surface area contributed by atoms with Crippen LogP contribution in [-0.2, 0) is 9.47 Å². The van der Waals surface area contributed by atoms with Gasteiger partial charge in [-0.25, -0.2) is 14.0 Å². The monoisotopic (exact) mass is 566 g/mol. The Kier molecular flexibility index (Phi) is 9.24. The normalized spacial score (nSPS) is 10.7. The lowest BCUT2D eigenvalue weighted by molar-refractivity contribution is 0.0592. The molecule has 0 aliphatic carbocycles. The number of methoxy groups -OCH3 is 2. The highest BCUT2D eigenvalue weighted by Crippen LogP contribution is 2.23. The van der Waals surface area contributed by atoms with Crippen LogP contribution in [-0.4, -0.2) is 45.0 Å². The lowest BCUT2D eigenvalue weighted by Crippen LogP contribution is -2.26. The summed E-state index contributed by atoms with van der Waals surface area (Å²) in [5, 5.41) is 2.74. The number of nitrogens with one attached hydrogen (secondary N) is 1. The summed E-state index contributed by atoms with van der Waals surface area (Å²) in [5.74, 6) is -2.27. The predicted molar refractivity (Wildman–Crippen MR) is 158 cm³/mol. The van der Waals surface area contributed by atoms with Gasteiger partial charge >= 0.3 is 11.9 Å². The van der Waals surface area contributed by atoms with Crippen molar-refractivity contribution >= 4 is 47.3 Å². The molecule has 0 aliphatic rings. The van der Waals surface area contributed by atoms with Gasteiger partial charge in [0.15, 0.2) is 0 Å². The first-order chi connectivity index (χ1) is 20.2. The highest BCUT2D eigenvalue weighted by atomic mass is 19.1. The topological polar surface area (TPSA) is 102 Å². The third-order valence-corrected chi connectivity index (χ3v) is 6.39. The molecule has 0 heterocycles. The predicted octanol–water partition coefficient (Wildman–Crippen LogP) is 6.10. The Labute approximate surface area is 242 Å². The average molecular weight is 567 g/mol. The Balaban J connectivity index is 1.47. The summed E-state index contributed by atoms with van der Waals surface area (Å²) >= 11 is 0. The van der Waals surface area contributed by atoms with Crippen molar-refractivity contribution < 1.29 is 33.0 Å². The summed E-state index contributed by atoms with van der Waals surface area (Å²) in [4.78, 5) is 51.5. The average Bonchev–Trinajstić information content (AvgIpc) is 3.03. The number of carbonyl (C=O) groups excluding carboxylic acids is 4. The minimum absolute atomic E-state index is 0.146. The van der Waals surface area contributed by atoms with Gasteiger partial charge in [-0.2, -0.15) is 0 Å². The van der Waals surface area contributed by atoms with Gasteiger partial charge in [-0.3, -0.25) is 9.59 Å². The van der Waals surface area contributed by atoms with E-state index in [1.54, 1.807) is 73.8 Å². The van der Waals surface area contributed by atoms with Crippen molar-refractivity contribution in [3.8, 4) is 0 Å². The van der Waals surface area contributed by atoms with Crippen LogP contribution in [0.1, 0.15) is 52.6 Å². The molecular formula is C33H27FN2O6. The van der Waals surface area contributed by atoms with Crippen LogP contribution < -0.4 is 10.2 Å². The lowest BCUT2D eigenvalue weighted by Gasteiger charge is -2.18. The number of ether oxygens (including phenoxy) is 2. The molecule has 9 heteroatoms. The van der Waals surface area contributed by atoms with Crippen LogP contribution in [0.25, 0.3) is 12.2 Å². The van der Waals surface area contributed by atoms with E-state index in [0.29, 0.717) is 33.5 Å².